The molecule has 0 unspecified atom stereocenters. The van der Waals surface area contributed by atoms with Crippen molar-refractivity contribution in [2.24, 2.45) is 5.92 Å². The van der Waals surface area contributed by atoms with Crippen LogP contribution in [0.3, 0.4) is 0 Å². The van der Waals surface area contributed by atoms with Crippen molar-refractivity contribution < 1.29 is 9.47 Å². The van der Waals surface area contributed by atoms with Gasteiger partial charge in [0.15, 0.2) is 0 Å². The lowest BCUT2D eigenvalue weighted by molar-refractivity contribution is 0.130. The van der Waals surface area contributed by atoms with Gasteiger partial charge in [-0.15, -0.1) is 0 Å². The van der Waals surface area contributed by atoms with Crippen LogP contribution in [0.25, 0.3) is 0 Å². The van der Waals surface area contributed by atoms with Crippen LogP contribution in [0.4, 0.5) is 23.3 Å². The van der Waals surface area contributed by atoms with Crippen molar-refractivity contribution >= 4 is 23.3 Å². The van der Waals surface area contributed by atoms with Crippen LogP contribution in [0.15, 0.2) is 110 Å². The minimum Gasteiger partial charge on any atom is -0.489 e. The number of rotatable bonds is 18. The van der Waals surface area contributed by atoms with Crippen LogP contribution >= 0.6 is 0 Å². The summed E-state index contributed by atoms with van der Waals surface area (Å²) in [5.74, 6) is 9.85. The van der Waals surface area contributed by atoms with Gasteiger partial charge in [-0.25, -0.2) is 19.9 Å². The fourth-order valence-electron chi connectivity index (χ4n) is 8.53. The Morgan fingerprint density at radius 1 is 0.500 bits per heavy atom. The Morgan fingerprint density at radius 3 is 1.35 bits per heavy atom. The van der Waals surface area contributed by atoms with E-state index in [4.69, 9.17) is 9.47 Å². The molecule has 0 spiro atoms. The molecule has 1 aliphatic rings. The monoisotopic (exact) mass is 1120 g/mol. The Hall–Kier alpha value is -6.30. The number of ether oxygens (including phenoxy) is 2. The van der Waals surface area contributed by atoms with E-state index in [0.29, 0.717) is 47.5 Å². The highest BCUT2D eigenvalue weighted by Crippen LogP contribution is 2.29. The second kappa shape index (κ2) is 37.7. The van der Waals surface area contributed by atoms with Gasteiger partial charge in [0.25, 0.3) is 0 Å². The first-order chi connectivity index (χ1) is 38.7. The first-order valence-corrected chi connectivity index (χ1v) is 30.8. The van der Waals surface area contributed by atoms with E-state index in [1.807, 2.05) is 108 Å². The minimum atomic E-state index is -0.152. The molecular formula is C70H112N10O2. The van der Waals surface area contributed by atoms with Gasteiger partial charge in [0.1, 0.15) is 40.4 Å². The molecule has 82 heavy (non-hydrogen) atoms. The summed E-state index contributed by atoms with van der Waals surface area (Å²) < 4.78 is 11.2. The molecule has 12 heteroatoms. The third kappa shape index (κ3) is 27.6. The van der Waals surface area contributed by atoms with Crippen LogP contribution in [0.5, 0.6) is 11.5 Å². The number of nitrogens with zero attached hydrogens (tertiary/aromatic N) is 8. The fraction of sp³-hybridized carbons (Fsp3) is 0.571. The van der Waals surface area contributed by atoms with Gasteiger partial charge in [-0.1, -0.05) is 121 Å². The van der Waals surface area contributed by atoms with Gasteiger partial charge in [-0.2, -0.15) is 0 Å². The topological polar surface area (TPSA) is 126 Å². The summed E-state index contributed by atoms with van der Waals surface area (Å²) in [6.45, 7) is 54.6. The molecule has 454 valence electrons. The van der Waals surface area contributed by atoms with Crippen molar-refractivity contribution in [3.8, 4) is 11.5 Å². The van der Waals surface area contributed by atoms with Gasteiger partial charge in [-0.3, -0.25) is 9.97 Å². The maximum atomic E-state index is 5.67. The van der Waals surface area contributed by atoms with E-state index in [1.165, 1.54) is 54.0 Å². The highest BCUT2D eigenvalue weighted by Gasteiger charge is 2.18. The molecule has 0 amide bonds. The van der Waals surface area contributed by atoms with Crippen LogP contribution in [-0.2, 0) is 0 Å². The molecule has 0 atom stereocenters. The second-order valence-electron chi connectivity index (χ2n) is 24.8. The zero-order chi connectivity index (χ0) is 61.5. The Labute approximate surface area is 500 Å². The molecular weight excluding hydrogens is 1010 g/mol. The Kier molecular flexibility index (Phi) is 33.0. The SMILES string of the molecule is CC(C)CNc1ncccc1C(C)C.CC(C)Nc1ncccc1C(C)C.CC(C)Oc1ccc(C(C)C)nc1.CC(C)c1ccc(OC(C)(C)C)cn1.CC(C)c1cccnc1N1CCCC1.CCN(CC)c1ncccc1C(C)C. The first kappa shape index (κ1) is 71.8. The lowest BCUT2D eigenvalue weighted by atomic mass is 10.0. The first-order valence-electron chi connectivity index (χ1n) is 30.8. The summed E-state index contributed by atoms with van der Waals surface area (Å²) in [6, 6.07) is 25.1. The minimum absolute atomic E-state index is 0.152. The van der Waals surface area contributed by atoms with Crippen molar-refractivity contribution in [2.45, 2.75) is 225 Å². The van der Waals surface area contributed by atoms with Crippen LogP contribution in [0, 0.1) is 5.92 Å². The molecule has 1 saturated heterocycles. The van der Waals surface area contributed by atoms with Crippen molar-refractivity contribution in [1.29, 1.82) is 0 Å². The lowest BCUT2D eigenvalue weighted by Gasteiger charge is -2.23. The number of nitrogens with one attached hydrogen (secondary N) is 2. The standard InChI is InChI=1S/C12H18N2.2C12H20N2.C12H19NO.C11H18N2.C11H17NO/c1-10(2)11-6-5-7-13-12(11)14-8-3-4-9-14;1-9(2)8-14-12-11(10(3)4)6-5-7-13-12;1-5-14(6-2)12-11(10(3)4)8-7-9-13-12;1-9(2)11-7-6-10(8-13-11)14-12(3,4)5;1-8(2)10-6-5-7-12-11(10)13-9(3)4;1-8(2)11-6-5-10(7-12-11)13-9(3)4/h5-7,10H,3-4,8-9H2,1-2H3;5-7,9-10H,8H2,1-4H3,(H,13,14);7-10H,5-6H2,1-4H3;6-9H,1-5H3;5-9H,1-4H3,(H,12,13);5-9H,1-4H3. The van der Waals surface area contributed by atoms with Crippen LogP contribution < -0.4 is 29.9 Å². The number of hydrogen-bond acceptors (Lipinski definition) is 12. The van der Waals surface area contributed by atoms with E-state index < -0.39 is 0 Å². The third-order valence-electron chi connectivity index (χ3n) is 12.9. The molecule has 7 heterocycles. The summed E-state index contributed by atoms with van der Waals surface area (Å²) in [6.07, 6.45) is 13.9. The van der Waals surface area contributed by atoms with E-state index in [1.54, 1.807) is 12.4 Å². The van der Waals surface area contributed by atoms with Crippen molar-refractivity contribution in [3.05, 3.63) is 144 Å². The highest BCUT2D eigenvalue weighted by atomic mass is 16.5. The van der Waals surface area contributed by atoms with Crippen LogP contribution in [-0.4, -0.2) is 80.4 Å². The number of aromatic nitrogens is 6. The van der Waals surface area contributed by atoms with E-state index in [-0.39, 0.29) is 11.7 Å². The smallest absolute Gasteiger partial charge is 0.138 e. The summed E-state index contributed by atoms with van der Waals surface area (Å²) in [5, 5.41) is 6.73. The molecule has 1 aliphatic heterocycles. The second-order valence-corrected chi connectivity index (χ2v) is 24.8. The highest BCUT2D eigenvalue weighted by molar-refractivity contribution is 5.50. The van der Waals surface area contributed by atoms with Crippen molar-refractivity contribution in [1.82, 2.24) is 29.9 Å². The molecule has 2 N–H and O–H groups in total. The molecule has 0 saturated carbocycles. The van der Waals surface area contributed by atoms with E-state index in [9.17, 15) is 0 Å². The summed E-state index contributed by atoms with van der Waals surface area (Å²) in [7, 11) is 0. The van der Waals surface area contributed by atoms with Gasteiger partial charge in [0.2, 0.25) is 0 Å². The largest absolute Gasteiger partial charge is 0.489 e. The molecule has 6 aromatic heterocycles. The van der Waals surface area contributed by atoms with Gasteiger partial charge in [-0.05, 0) is 187 Å². The van der Waals surface area contributed by atoms with Gasteiger partial charge in [0.05, 0.1) is 18.5 Å². The van der Waals surface area contributed by atoms with E-state index in [2.05, 4.69) is 199 Å². The van der Waals surface area contributed by atoms with Gasteiger partial charge >= 0.3 is 0 Å². The summed E-state index contributed by atoms with van der Waals surface area (Å²) in [4.78, 5) is 31.0. The molecule has 0 aromatic carbocycles. The number of pyridine rings is 6. The Morgan fingerprint density at radius 2 is 0.939 bits per heavy atom. The predicted octanol–water partition coefficient (Wildman–Crippen LogP) is 18.5. The number of hydrogen-bond donors (Lipinski definition) is 2. The quantitative estimate of drug-likeness (QED) is 0.0851. The molecule has 0 radical (unpaired) electrons. The zero-order valence-electron chi connectivity index (χ0n) is 55.4. The summed E-state index contributed by atoms with van der Waals surface area (Å²) in [5.41, 5.74) is 7.37. The summed E-state index contributed by atoms with van der Waals surface area (Å²) >= 11 is 0. The van der Waals surface area contributed by atoms with E-state index >= 15 is 0 Å². The Balaban J connectivity index is 0.000000336. The van der Waals surface area contributed by atoms with Gasteiger partial charge < -0.3 is 29.9 Å². The fourth-order valence-corrected chi connectivity index (χ4v) is 8.53. The van der Waals surface area contributed by atoms with E-state index in [0.717, 1.165) is 60.0 Å². The maximum Gasteiger partial charge on any atom is 0.138 e. The van der Waals surface area contributed by atoms with Crippen molar-refractivity contribution in [2.75, 3.05) is 53.2 Å². The molecule has 12 nitrogen and oxygen atoms in total. The number of anilines is 4. The average molecular weight is 1130 g/mol. The average Bonchev–Trinajstić information content (AvgIpc) is 4.04. The van der Waals surface area contributed by atoms with Crippen molar-refractivity contribution in [3.63, 3.8) is 0 Å². The third-order valence-corrected chi connectivity index (χ3v) is 12.9. The predicted molar refractivity (Wildman–Crippen MR) is 353 cm³/mol. The molecule has 1 fully saturated rings. The maximum absolute atomic E-state index is 5.67. The molecule has 7 rings (SSSR count). The zero-order valence-corrected chi connectivity index (χ0v) is 55.4. The van der Waals surface area contributed by atoms with Gasteiger partial charge in [0, 0.05) is 74.9 Å². The Bertz CT molecular complexity index is 2540. The molecule has 0 aliphatic carbocycles. The lowest BCUT2D eigenvalue weighted by Crippen LogP contribution is -2.24. The van der Waals surface area contributed by atoms with Crippen LogP contribution in [0.1, 0.15) is 241 Å². The van der Waals surface area contributed by atoms with Crippen LogP contribution in [0.2, 0.25) is 0 Å². The molecule has 6 aromatic rings. The normalized spacial score (nSPS) is 12.0. The molecule has 0 bridgehead atoms.